The van der Waals surface area contributed by atoms with Gasteiger partial charge in [0.05, 0.1) is 49.1 Å². The monoisotopic (exact) mass is 953 g/mol. The Morgan fingerprint density at radius 3 is 2.27 bits per heavy atom. The van der Waals surface area contributed by atoms with Gasteiger partial charge < -0.3 is 63.4 Å². The molecular formula is C50H88N4O13. The first-order chi connectivity index (χ1) is 31.4. The number of hydrogen-bond donors (Lipinski definition) is 4. The Hall–Kier alpha value is -2.68. The second-order valence-corrected chi connectivity index (χ2v) is 20.3. The van der Waals surface area contributed by atoms with Crippen molar-refractivity contribution in [2.45, 2.75) is 193 Å². The Bertz CT molecular complexity index is 1690. The van der Waals surface area contributed by atoms with E-state index in [0.717, 1.165) is 17.9 Å². The highest BCUT2D eigenvalue weighted by Gasteiger charge is 2.53. The summed E-state index contributed by atoms with van der Waals surface area (Å²) in [6.07, 6.45) is -7.78. The van der Waals surface area contributed by atoms with Crippen LogP contribution in [0.3, 0.4) is 0 Å². The minimum absolute atomic E-state index is 0.0377. The third kappa shape index (κ3) is 14.2. The molecule has 67 heavy (non-hydrogen) atoms. The number of nitrogens with zero attached hydrogens (tertiary/aromatic N) is 3. The number of para-hydroxylation sites is 1. The molecule has 3 heterocycles. The summed E-state index contributed by atoms with van der Waals surface area (Å²) in [5.41, 5.74) is -1.69. The quantitative estimate of drug-likeness (QED) is 0.172. The Morgan fingerprint density at radius 2 is 1.66 bits per heavy atom. The van der Waals surface area contributed by atoms with E-state index in [-0.39, 0.29) is 37.1 Å². The number of aliphatic hydroxyl groups excluding tert-OH is 2. The molecule has 0 radical (unpaired) electrons. The van der Waals surface area contributed by atoms with E-state index in [9.17, 15) is 24.9 Å². The largest absolute Gasteiger partial charge is 0.496 e. The van der Waals surface area contributed by atoms with Crippen molar-refractivity contribution in [3.05, 3.63) is 29.8 Å². The van der Waals surface area contributed by atoms with Crippen molar-refractivity contribution in [1.82, 2.24) is 20.0 Å². The average molecular weight is 953 g/mol. The number of alkyl carbamates (subject to hydrolysis) is 1. The zero-order valence-corrected chi connectivity index (χ0v) is 43.5. The van der Waals surface area contributed by atoms with Crippen LogP contribution in [0.25, 0.3) is 0 Å². The normalized spacial score (nSPS) is 39.1. The van der Waals surface area contributed by atoms with E-state index in [0.29, 0.717) is 32.5 Å². The van der Waals surface area contributed by atoms with E-state index in [4.69, 9.17) is 37.9 Å². The minimum Gasteiger partial charge on any atom is -0.496 e. The van der Waals surface area contributed by atoms with Crippen molar-refractivity contribution in [3.8, 4) is 5.75 Å². The molecule has 1 aromatic rings. The summed E-state index contributed by atoms with van der Waals surface area (Å²) in [5, 5.41) is 38.9. The van der Waals surface area contributed by atoms with Crippen LogP contribution in [-0.4, -0.2) is 188 Å². The fourth-order valence-electron chi connectivity index (χ4n) is 10.5. The lowest BCUT2D eigenvalue weighted by molar-refractivity contribution is -0.317. The van der Waals surface area contributed by atoms with Crippen LogP contribution in [0.4, 0.5) is 4.79 Å². The van der Waals surface area contributed by atoms with Crippen molar-refractivity contribution < 1.29 is 62.8 Å². The smallest absolute Gasteiger partial charge is 0.407 e. The third-order valence-corrected chi connectivity index (χ3v) is 15.0. The minimum atomic E-state index is -1.65. The standard InChI is InChI=1S/C50H88N4O13/c1-17-36-28-53(14)34(8)41(55)29(3)26-49(10,59)44(66-47-42(56)38(52(12)13)25-30(4)62-47)31(5)43(32(6)46(57)64-36)65-40-27-50(11,61-16)45(35(9)63-40)67-48(58)51-23-24-54(18-2)33(7)37-21-19-20-22-39(37)60-15/h19-22,29-36,38,40-45,47,55-56,59H,17-18,23-28H2,1-16H3,(H,51,58)/t29-,30-,31+,32-,33+,34+,35+,36-,38+,40+,41+,42-,43+,44-,45+,47+,49+,50-/m1/s1. The molecule has 0 saturated carbocycles. The van der Waals surface area contributed by atoms with E-state index >= 15 is 0 Å². The fraction of sp³-hybridized carbons (Fsp3) is 0.840. The maximum absolute atomic E-state index is 14.4. The molecule has 3 fully saturated rings. The molecule has 3 saturated heterocycles. The Morgan fingerprint density at radius 1 is 0.985 bits per heavy atom. The van der Waals surface area contributed by atoms with Gasteiger partial charge in [-0.1, -0.05) is 45.9 Å². The van der Waals surface area contributed by atoms with Gasteiger partial charge in [0.25, 0.3) is 0 Å². The van der Waals surface area contributed by atoms with Crippen molar-refractivity contribution in [2.75, 3.05) is 61.5 Å². The van der Waals surface area contributed by atoms with Gasteiger partial charge in [-0.3, -0.25) is 14.6 Å². The molecule has 0 unspecified atom stereocenters. The highest BCUT2D eigenvalue weighted by molar-refractivity contribution is 5.73. The van der Waals surface area contributed by atoms with Gasteiger partial charge in [0.1, 0.15) is 23.6 Å². The molecule has 17 nitrogen and oxygen atoms in total. The molecule has 17 heteroatoms. The molecule has 4 N–H and O–H groups in total. The van der Waals surface area contributed by atoms with Gasteiger partial charge in [-0.25, -0.2) is 4.79 Å². The summed E-state index contributed by atoms with van der Waals surface area (Å²) >= 11 is 0. The first kappa shape index (κ1) is 56.9. The molecule has 0 bridgehead atoms. The van der Waals surface area contributed by atoms with Gasteiger partial charge >= 0.3 is 12.1 Å². The van der Waals surface area contributed by atoms with Gasteiger partial charge in [-0.2, -0.15) is 0 Å². The van der Waals surface area contributed by atoms with Crippen LogP contribution >= 0.6 is 0 Å². The number of methoxy groups -OCH3 is 2. The Balaban J connectivity index is 1.62. The molecule has 0 spiro atoms. The average Bonchev–Trinajstić information content (AvgIpc) is 3.28. The number of carbonyl (C=O) groups is 2. The SMILES string of the molecule is CC[C@@H]1CN(C)[C@@H](C)[C@@H](O)[C@H](C)C[C@](C)(O)[C@H](O[C@@H]2O[C@H](C)C[C@H](N(C)C)[C@H]2O)[C@@H](C)[C@H](O[C@H]2C[C@@](C)(OC)[C@@H](OC(=O)NCCN(CC)[C@@H](C)c3ccccc3OC)[C@H](C)O2)[C@@H](C)C(=O)O1. The molecule has 3 aliphatic rings. The second kappa shape index (κ2) is 24.9. The number of nitrogens with one attached hydrogen (secondary N) is 1. The molecule has 4 rings (SSSR count). The molecule has 1 aromatic carbocycles. The Kier molecular flexibility index (Phi) is 21.2. The van der Waals surface area contributed by atoms with Gasteiger partial charge in [0, 0.05) is 62.8 Å². The van der Waals surface area contributed by atoms with E-state index in [2.05, 4.69) is 24.1 Å². The topological polar surface area (TPSA) is 190 Å². The highest BCUT2D eigenvalue weighted by atomic mass is 16.7. The number of amides is 1. The fourth-order valence-corrected chi connectivity index (χ4v) is 10.5. The van der Waals surface area contributed by atoms with Crippen LogP contribution in [0.2, 0.25) is 0 Å². The van der Waals surface area contributed by atoms with Crippen molar-refractivity contribution in [2.24, 2.45) is 17.8 Å². The van der Waals surface area contributed by atoms with Crippen LogP contribution in [0.1, 0.15) is 113 Å². The van der Waals surface area contributed by atoms with E-state index in [1.807, 2.05) is 96.8 Å². The number of rotatable bonds is 15. The molecule has 0 aromatic heterocycles. The van der Waals surface area contributed by atoms with Crippen LogP contribution in [0, 0.1) is 17.8 Å². The van der Waals surface area contributed by atoms with Crippen molar-refractivity contribution in [3.63, 3.8) is 0 Å². The lowest BCUT2D eigenvalue weighted by Crippen LogP contribution is -2.61. The number of cyclic esters (lactones) is 1. The number of carbonyl (C=O) groups excluding carboxylic acids is 2. The summed E-state index contributed by atoms with van der Waals surface area (Å²) in [5.74, 6) is -1.80. The lowest BCUT2D eigenvalue weighted by Gasteiger charge is -2.49. The van der Waals surface area contributed by atoms with Crippen LogP contribution in [-0.2, 0) is 38.0 Å². The van der Waals surface area contributed by atoms with E-state index < -0.39 is 96.3 Å². The Labute approximate surface area is 401 Å². The molecule has 1 amide bonds. The zero-order valence-electron chi connectivity index (χ0n) is 43.5. The number of likely N-dealkylation sites (N-methyl/N-ethyl adjacent to an activating group) is 3. The zero-order chi connectivity index (χ0) is 50.1. The summed E-state index contributed by atoms with van der Waals surface area (Å²) in [7, 11) is 8.86. The van der Waals surface area contributed by atoms with E-state index in [1.165, 1.54) is 0 Å². The van der Waals surface area contributed by atoms with Gasteiger partial charge in [0.15, 0.2) is 18.7 Å². The van der Waals surface area contributed by atoms with E-state index in [1.54, 1.807) is 35.0 Å². The summed E-state index contributed by atoms with van der Waals surface area (Å²) < 4.78 is 50.5. The predicted molar refractivity (Wildman–Crippen MR) is 254 cm³/mol. The maximum Gasteiger partial charge on any atom is 0.407 e. The number of esters is 1. The predicted octanol–water partition coefficient (Wildman–Crippen LogP) is 4.98. The van der Waals surface area contributed by atoms with Gasteiger partial charge in [0.2, 0.25) is 0 Å². The third-order valence-electron chi connectivity index (χ3n) is 15.0. The molecule has 386 valence electrons. The van der Waals surface area contributed by atoms with Crippen LogP contribution < -0.4 is 10.1 Å². The first-order valence-corrected chi connectivity index (χ1v) is 24.6. The number of hydrogen-bond acceptors (Lipinski definition) is 16. The maximum atomic E-state index is 14.4. The highest BCUT2D eigenvalue weighted by Crippen LogP contribution is 2.41. The molecule has 0 aliphatic carbocycles. The number of aliphatic hydroxyl groups is 3. The summed E-state index contributed by atoms with van der Waals surface area (Å²) in [6.45, 7) is 22.7. The first-order valence-electron chi connectivity index (χ1n) is 24.6. The lowest BCUT2D eigenvalue weighted by atomic mass is 9.76. The molecule has 3 aliphatic heterocycles. The number of benzene rings is 1. The number of ether oxygens (including phenoxy) is 8. The summed E-state index contributed by atoms with van der Waals surface area (Å²) in [4.78, 5) is 34.0. The molecule has 18 atom stereocenters. The van der Waals surface area contributed by atoms with Crippen LogP contribution in [0.5, 0.6) is 5.75 Å². The molecular weight excluding hydrogens is 865 g/mol. The van der Waals surface area contributed by atoms with Crippen molar-refractivity contribution >= 4 is 12.1 Å². The second-order valence-electron chi connectivity index (χ2n) is 20.3. The van der Waals surface area contributed by atoms with Gasteiger partial charge in [-0.15, -0.1) is 0 Å². The summed E-state index contributed by atoms with van der Waals surface area (Å²) in [6, 6.07) is 7.31. The van der Waals surface area contributed by atoms with Crippen LogP contribution in [0.15, 0.2) is 24.3 Å². The van der Waals surface area contributed by atoms with Gasteiger partial charge in [-0.05, 0) is 107 Å². The van der Waals surface area contributed by atoms with Crippen molar-refractivity contribution in [1.29, 1.82) is 0 Å².